The highest BCUT2D eigenvalue weighted by molar-refractivity contribution is 7.99. The standard InChI is InChI=1S/C20H14F2N4O2S2/c21-13-7-4-8-14(22)17(13)26-19(28)16-12(11-5-2-1-3-6-11)9-29-18(16)24-20(26)30-10-15(27)25-23/h1-9H,10,23H2,(H,25,27). The number of carbonyl (C=O) groups excluding carboxylic acids is 1. The number of fused-ring (bicyclic) bond motifs is 1. The van der Waals surface area contributed by atoms with E-state index in [-0.39, 0.29) is 16.3 Å². The van der Waals surface area contributed by atoms with Crippen molar-refractivity contribution in [3.05, 3.63) is 75.9 Å². The molecule has 4 aromatic rings. The molecule has 10 heteroatoms. The first-order valence-corrected chi connectivity index (χ1v) is 10.5. The van der Waals surface area contributed by atoms with Crippen LogP contribution in [0.5, 0.6) is 0 Å². The highest BCUT2D eigenvalue weighted by Crippen LogP contribution is 2.33. The number of thiophene rings is 1. The van der Waals surface area contributed by atoms with Crippen LogP contribution in [0, 0.1) is 11.6 Å². The van der Waals surface area contributed by atoms with Gasteiger partial charge in [0.2, 0.25) is 5.91 Å². The Hall–Kier alpha value is -3.08. The van der Waals surface area contributed by atoms with Crippen molar-refractivity contribution in [3.8, 4) is 16.8 Å². The number of hydrogen-bond donors (Lipinski definition) is 2. The van der Waals surface area contributed by atoms with E-state index in [9.17, 15) is 18.4 Å². The van der Waals surface area contributed by atoms with Gasteiger partial charge in [0.05, 0.1) is 11.1 Å². The molecule has 1 amide bonds. The van der Waals surface area contributed by atoms with Gasteiger partial charge in [0.25, 0.3) is 5.56 Å². The predicted molar refractivity (Wildman–Crippen MR) is 114 cm³/mol. The van der Waals surface area contributed by atoms with Crippen LogP contribution in [-0.4, -0.2) is 21.2 Å². The second kappa shape index (κ2) is 8.34. The summed E-state index contributed by atoms with van der Waals surface area (Å²) in [5, 5.41) is 2.01. The minimum Gasteiger partial charge on any atom is -0.294 e. The number of halogens is 2. The molecule has 0 fully saturated rings. The number of thioether (sulfide) groups is 1. The molecule has 0 aliphatic rings. The molecule has 2 aromatic heterocycles. The van der Waals surface area contributed by atoms with E-state index in [4.69, 9.17) is 5.84 Å². The highest BCUT2D eigenvalue weighted by Gasteiger charge is 2.22. The molecule has 0 saturated heterocycles. The Morgan fingerprint density at radius 3 is 2.50 bits per heavy atom. The maximum atomic E-state index is 14.6. The predicted octanol–water partition coefficient (Wildman–Crippen LogP) is 3.47. The van der Waals surface area contributed by atoms with Crippen molar-refractivity contribution in [1.82, 2.24) is 15.0 Å². The number of hydrogen-bond acceptors (Lipinski definition) is 6. The molecule has 3 N–H and O–H groups in total. The Labute approximate surface area is 177 Å². The van der Waals surface area contributed by atoms with E-state index in [0.717, 1.165) is 34.0 Å². The van der Waals surface area contributed by atoms with Gasteiger partial charge in [-0.25, -0.2) is 24.2 Å². The number of para-hydroxylation sites is 1. The molecule has 0 radical (unpaired) electrons. The lowest BCUT2D eigenvalue weighted by Gasteiger charge is -2.13. The number of nitrogens with zero attached hydrogens (tertiary/aromatic N) is 2. The van der Waals surface area contributed by atoms with Crippen molar-refractivity contribution < 1.29 is 13.6 Å². The molecule has 0 saturated carbocycles. The van der Waals surface area contributed by atoms with Crippen molar-refractivity contribution in [2.75, 3.05) is 5.75 Å². The van der Waals surface area contributed by atoms with Gasteiger partial charge in [-0.3, -0.25) is 15.0 Å². The van der Waals surface area contributed by atoms with E-state index in [2.05, 4.69) is 4.98 Å². The molecule has 4 rings (SSSR count). The second-order valence-electron chi connectivity index (χ2n) is 6.16. The summed E-state index contributed by atoms with van der Waals surface area (Å²) in [5.41, 5.74) is 2.21. The van der Waals surface area contributed by atoms with Crippen LogP contribution in [0.2, 0.25) is 0 Å². The lowest BCUT2D eigenvalue weighted by Crippen LogP contribution is -2.32. The molecule has 6 nitrogen and oxygen atoms in total. The topological polar surface area (TPSA) is 90.0 Å². The number of aromatic nitrogens is 2. The van der Waals surface area contributed by atoms with Crippen molar-refractivity contribution in [3.63, 3.8) is 0 Å². The van der Waals surface area contributed by atoms with E-state index in [1.54, 1.807) is 5.38 Å². The van der Waals surface area contributed by atoms with E-state index >= 15 is 0 Å². The smallest absolute Gasteiger partial charge is 0.268 e. The summed E-state index contributed by atoms with van der Waals surface area (Å²) in [6.07, 6.45) is 0. The van der Waals surface area contributed by atoms with Gasteiger partial charge in [-0.15, -0.1) is 11.3 Å². The first-order valence-electron chi connectivity index (χ1n) is 8.67. The number of hydrazine groups is 1. The average molecular weight is 444 g/mol. The molecule has 0 atom stereocenters. The van der Waals surface area contributed by atoms with E-state index < -0.39 is 28.8 Å². The van der Waals surface area contributed by atoms with Crippen LogP contribution in [0.15, 0.2) is 63.9 Å². The van der Waals surface area contributed by atoms with Gasteiger partial charge < -0.3 is 0 Å². The summed E-state index contributed by atoms with van der Waals surface area (Å²) in [4.78, 5) is 29.9. The third-order valence-electron chi connectivity index (χ3n) is 4.32. The first kappa shape index (κ1) is 20.2. The average Bonchev–Trinajstić information content (AvgIpc) is 3.18. The fourth-order valence-corrected chi connectivity index (χ4v) is 4.77. The minimum atomic E-state index is -0.917. The molecular formula is C20H14F2N4O2S2. The van der Waals surface area contributed by atoms with Crippen LogP contribution in [0.25, 0.3) is 27.0 Å². The zero-order valence-corrected chi connectivity index (χ0v) is 16.9. The summed E-state index contributed by atoms with van der Waals surface area (Å²) in [6.45, 7) is 0. The van der Waals surface area contributed by atoms with Crippen LogP contribution in [0.4, 0.5) is 8.78 Å². The van der Waals surface area contributed by atoms with E-state index in [1.165, 1.54) is 17.4 Å². The molecule has 30 heavy (non-hydrogen) atoms. The zero-order chi connectivity index (χ0) is 21.3. The molecule has 0 spiro atoms. The first-order chi connectivity index (χ1) is 14.5. The third kappa shape index (κ3) is 3.60. The zero-order valence-electron chi connectivity index (χ0n) is 15.3. The molecule has 0 unspecified atom stereocenters. The van der Waals surface area contributed by atoms with Crippen molar-refractivity contribution in [1.29, 1.82) is 0 Å². The molecule has 2 heterocycles. The van der Waals surface area contributed by atoms with Crippen molar-refractivity contribution in [2.24, 2.45) is 5.84 Å². The summed E-state index contributed by atoms with van der Waals surface area (Å²) in [5.74, 6) is 2.57. The summed E-state index contributed by atoms with van der Waals surface area (Å²) in [6, 6.07) is 12.5. The van der Waals surface area contributed by atoms with Gasteiger partial charge >= 0.3 is 0 Å². The molecular weight excluding hydrogens is 430 g/mol. The maximum absolute atomic E-state index is 14.6. The molecule has 0 bridgehead atoms. The second-order valence-corrected chi connectivity index (χ2v) is 7.96. The third-order valence-corrected chi connectivity index (χ3v) is 6.13. The number of nitrogens with one attached hydrogen (secondary N) is 1. The Kier molecular flexibility index (Phi) is 5.62. The van der Waals surface area contributed by atoms with Gasteiger partial charge in [0.15, 0.2) is 5.16 Å². The van der Waals surface area contributed by atoms with Crippen molar-refractivity contribution in [2.45, 2.75) is 5.16 Å². The fraction of sp³-hybridized carbons (Fsp3) is 0.0500. The van der Waals surface area contributed by atoms with Gasteiger partial charge in [-0.1, -0.05) is 48.2 Å². The van der Waals surface area contributed by atoms with Crippen LogP contribution < -0.4 is 16.8 Å². The van der Waals surface area contributed by atoms with Crippen LogP contribution in [-0.2, 0) is 4.79 Å². The SMILES string of the molecule is NNC(=O)CSc1nc2scc(-c3ccccc3)c2c(=O)n1-c1c(F)cccc1F. The lowest BCUT2D eigenvalue weighted by atomic mass is 10.1. The number of rotatable bonds is 5. The lowest BCUT2D eigenvalue weighted by molar-refractivity contribution is -0.118. The molecule has 2 aromatic carbocycles. The number of carbonyl (C=O) groups is 1. The largest absolute Gasteiger partial charge is 0.294 e. The van der Waals surface area contributed by atoms with Crippen LogP contribution >= 0.6 is 23.1 Å². The Morgan fingerprint density at radius 1 is 1.13 bits per heavy atom. The molecule has 152 valence electrons. The van der Waals surface area contributed by atoms with Crippen LogP contribution in [0.1, 0.15) is 0 Å². The van der Waals surface area contributed by atoms with Gasteiger partial charge in [0.1, 0.15) is 22.2 Å². The van der Waals surface area contributed by atoms with Crippen LogP contribution in [0.3, 0.4) is 0 Å². The Morgan fingerprint density at radius 2 is 1.83 bits per heavy atom. The summed E-state index contributed by atoms with van der Waals surface area (Å²) in [7, 11) is 0. The van der Waals surface area contributed by atoms with Crippen molar-refractivity contribution >= 4 is 39.2 Å². The number of amides is 1. The Bertz CT molecular complexity index is 1290. The fourth-order valence-electron chi connectivity index (χ4n) is 2.97. The normalized spacial score (nSPS) is 11.0. The van der Waals surface area contributed by atoms with E-state index in [1.807, 2.05) is 35.8 Å². The highest BCUT2D eigenvalue weighted by atomic mass is 32.2. The number of benzene rings is 2. The monoisotopic (exact) mass is 444 g/mol. The van der Waals surface area contributed by atoms with Gasteiger partial charge in [-0.05, 0) is 17.7 Å². The molecule has 0 aliphatic carbocycles. The summed E-state index contributed by atoms with van der Waals surface area (Å²) >= 11 is 2.10. The molecule has 0 aliphatic heterocycles. The maximum Gasteiger partial charge on any atom is 0.268 e. The van der Waals surface area contributed by atoms with Gasteiger partial charge in [-0.2, -0.15) is 0 Å². The summed E-state index contributed by atoms with van der Waals surface area (Å²) < 4.78 is 30.0. The minimum absolute atomic E-state index is 0.0124. The van der Waals surface area contributed by atoms with Gasteiger partial charge in [0, 0.05) is 10.9 Å². The van der Waals surface area contributed by atoms with E-state index in [0.29, 0.717) is 10.4 Å². The Balaban J connectivity index is 2.01. The quantitative estimate of drug-likeness (QED) is 0.162. The number of nitrogens with two attached hydrogens (primary N) is 1.